The van der Waals surface area contributed by atoms with Gasteiger partial charge in [-0.25, -0.2) is 0 Å². The average Bonchev–Trinajstić information content (AvgIpc) is 2.46. The van der Waals surface area contributed by atoms with E-state index in [0.717, 1.165) is 28.7 Å². The van der Waals surface area contributed by atoms with Crippen LogP contribution in [0.3, 0.4) is 0 Å². The lowest BCUT2D eigenvalue weighted by molar-refractivity contribution is 0.244. The number of halogens is 1. The van der Waals surface area contributed by atoms with Crippen molar-refractivity contribution in [1.29, 1.82) is 5.26 Å². The first-order chi connectivity index (χ1) is 9.29. The fraction of sp³-hybridized carbons (Fsp3) is 0.562. The molecule has 1 aliphatic heterocycles. The molecule has 1 aromatic carbocycles. The van der Waals surface area contributed by atoms with Crippen LogP contribution in [0.15, 0.2) is 18.2 Å². The van der Waals surface area contributed by atoms with Crippen molar-refractivity contribution in [2.24, 2.45) is 5.92 Å². The summed E-state index contributed by atoms with van der Waals surface area (Å²) in [7, 11) is 0. The zero-order valence-electron chi connectivity index (χ0n) is 11.1. The van der Waals surface area contributed by atoms with E-state index in [2.05, 4.69) is 11.0 Å². The molecule has 0 bridgehead atoms. The highest BCUT2D eigenvalue weighted by atomic mass is 35.5. The third-order valence-electron chi connectivity index (χ3n) is 4.63. The molecule has 2 aliphatic rings. The largest absolute Gasteiger partial charge is 0.367 e. The molecule has 0 N–H and O–H groups in total. The van der Waals surface area contributed by atoms with Gasteiger partial charge in [0.15, 0.2) is 0 Å². The van der Waals surface area contributed by atoms with Crippen LogP contribution in [0.25, 0.3) is 0 Å². The maximum Gasteiger partial charge on any atom is 0.101 e. The van der Waals surface area contributed by atoms with Crippen molar-refractivity contribution in [3.8, 4) is 6.07 Å². The molecule has 0 aromatic heterocycles. The van der Waals surface area contributed by atoms with Crippen molar-refractivity contribution in [2.75, 3.05) is 11.4 Å². The van der Waals surface area contributed by atoms with Crippen molar-refractivity contribution in [3.63, 3.8) is 0 Å². The van der Waals surface area contributed by atoms with Gasteiger partial charge in [-0.15, -0.1) is 0 Å². The van der Waals surface area contributed by atoms with E-state index in [1.807, 2.05) is 18.2 Å². The Hall–Kier alpha value is -1.20. The Balaban J connectivity index is 1.96. The minimum atomic E-state index is 0.619. The lowest BCUT2D eigenvalue weighted by atomic mass is 9.78. The zero-order chi connectivity index (χ0) is 13.2. The molecule has 0 amide bonds. The molecule has 1 aromatic rings. The Labute approximate surface area is 120 Å². The second kappa shape index (κ2) is 5.43. The van der Waals surface area contributed by atoms with Crippen LogP contribution in [0.2, 0.25) is 5.02 Å². The highest BCUT2D eigenvalue weighted by Crippen LogP contribution is 2.39. The quantitative estimate of drug-likeness (QED) is 0.760. The van der Waals surface area contributed by atoms with E-state index in [-0.39, 0.29) is 0 Å². The third kappa shape index (κ3) is 2.44. The Morgan fingerprint density at radius 2 is 1.95 bits per heavy atom. The number of piperidine rings is 1. The second-order valence-electron chi connectivity index (χ2n) is 5.72. The molecule has 0 spiro atoms. The van der Waals surface area contributed by atoms with Crippen molar-refractivity contribution in [3.05, 3.63) is 28.8 Å². The van der Waals surface area contributed by atoms with Crippen LogP contribution in [0.1, 0.15) is 44.1 Å². The van der Waals surface area contributed by atoms with Gasteiger partial charge >= 0.3 is 0 Å². The van der Waals surface area contributed by atoms with Crippen LogP contribution in [0.4, 0.5) is 5.69 Å². The lowest BCUT2D eigenvalue weighted by Crippen LogP contribution is -2.47. The Morgan fingerprint density at radius 1 is 1.16 bits per heavy atom. The third-order valence-corrected chi connectivity index (χ3v) is 4.87. The fourth-order valence-corrected chi connectivity index (χ4v) is 3.93. The molecule has 100 valence electrons. The van der Waals surface area contributed by atoms with Gasteiger partial charge < -0.3 is 4.90 Å². The van der Waals surface area contributed by atoms with E-state index in [1.165, 1.54) is 38.5 Å². The van der Waals surface area contributed by atoms with E-state index in [0.29, 0.717) is 6.04 Å². The standard InChI is InChI=1S/C16H19ClN2/c17-14-8-7-13(11-18)16(10-14)19-9-3-5-12-4-1-2-6-15(12)19/h7-8,10,12,15H,1-6,9H2. The van der Waals surface area contributed by atoms with Gasteiger partial charge in [-0.3, -0.25) is 0 Å². The van der Waals surface area contributed by atoms with Crippen LogP contribution in [0, 0.1) is 17.2 Å². The highest BCUT2D eigenvalue weighted by Gasteiger charge is 2.34. The first kappa shape index (κ1) is 12.8. The van der Waals surface area contributed by atoms with Gasteiger partial charge in [0.05, 0.1) is 11.3 Å². The minimum Gasteiger partial charge on any atom is -0.367 e. The van der Waals surface area contributed by atoms with Gasteiger partial charge in [0, 0.05) is 17.6 Å². The summed E-state index contributed by atoms with van der Waals surface area (Å²) in [5.74, 6) is 0.813. The number of fused-ring (bicyclic) bond motifs is 1. The number of hydrogen-bond donors (Lipinski definition) is 0. The number of rotatable bonds is 1. The van der Waals surface area contributed by atoms with E-state index in [4.69, 9.17) is 11.6 Å². The van der Waals surface area contributed by atoms with E-state index >= 15 is 0 Å². The van der Waals surface area contributed by atoms with E-state index in [9.17, 15) is 5.26 Å². The first-order valence-corrected chi connectivity index (χ1v) is 7.63. The normalized spacial score (nSPS) is 26.6. The summed E-state index contributed by atoms with van der Waals surface area (Å²) in [6.45, 7) is 1.07. The Morgan fingerprint density at radius 3 is 2.79 bits per heavy atom. The predicted octanol–water partition coefficient (Wildman–Crippen LogP) is 4.37. The monoisotopic (exact) mass is 274 g/mol. The number of benzene rings is 1. The molecular weight excluding hydrogens is 256 g/mol. The van der Waals surface area contributed by atoms with Gasteiger partial charge in [0.1, 0.15) is 6.07 Å². The summed E-state index contributed by atoms with van der Waals surface area (Å²) in [5.41, 5.74) is 1.81. The number of nitrogens with zero attached hydrogens (tertiary/aromatic N) is 2. The predicted molar refractivity (Wildman–Crippen MR) is 78.5 cm³/mol. The topological polar surface area (TPSA) is 27.0 Å². The van der Waals surface area contributed by atoms with Gasteiger partial charge in [0.2, 0.25) is 0 Å². The molecule has 3 rings (SSSR count). The van der Waals surface area contributed by atoms with Crippen LogP contribution in [-0.4, -0.2) is 12.6 Å². The molecule has 1 heterocycles. The maximum atomic E-state index is 9.32. The maximum absolute atomic E-state index is 9.32. The number of hydrogen-bond acceptors (Lipinski definition) is 2. The molecular formula is C16H19ClN2. The summed E-state index contributed by atoms with van der Waals surface area (Å²) < 4.78 is 0. The van der Waals surface area contributed by atoms with Gasteiger partial charge in [0.25, 0.3) is 0 Å². The van der Waals surface area contributed by atoms with Crippen LogP contribution in [0.5, 0.6) is 0 Å². The van der Waals surface area contributed by atoms with Crippen LogP contribution in [-0.2, 0) is 0 Å². The summed E-state index contributed by atoms with van der Waals surface area (Å²) in [6.07, 6.45) is 7.89. The van der Waals surface area contributed by atoms with Crippen molar-refractivity contribution >= 4 is 17.3 Å². The molecule has 2 atom stereocenters. The molecule has 0 radical (unpaired) electrons. The molecule has 1 saturated heterocycles. The summed E-state index contributed by atoms with van der Waals surface area (Å²) in [5, 5.41) is 10.0. The zero-order valence-corrected chi connectivity index (χ0v) is 11.9. The van der Waals surface area contributed by atoms with Crippen molar-refractivity contribution < 1.29 is 0 Å². The molecule has 19 heavy (non-hydrogen) atoms. The highest BCUT2D eigenvalue weighted by molar-refractivity contribution is 6.30. The van der Waals surface area contributed by atoms with Crippen molar-refractivity contribution in [1.82, 2.24) is 0 Å². The minimum absolute atomic E-state index is 0.619. The molecule has 1 aliphatic carbocycles. The van der Waals surface area contributed by atoms with Crippen LogP contribution < -0.4 is 4.90 Å². The number of nitriles is 1. The molecule has 1 saturated carbocycles. The molecule has 3 heteroatoms. The van der Waals surface area contributed by atoms with Gasteiger partial charge in [-0.2, -0.15) is 5.26 Å². The van der Waals surface area contributed by atoms with E-state index in [1.54, 1.807) is 0 Å². The average molecular weight is 275 g/mol. The van der Waals surface area contributed by atoms with Crippen LogP contribution >= 0.6 is 11.6 Å². The first-order valence-electron chi connectivity index (χ1n) is 7.26. The Kier molecular flexibility index (Phi) is 3.66. The van der Waals surface area contributed by atoms with Gasteiger partial charge in [-0.1, -0.05) is 24.4 Å². The molecule has 2 unspecified atom stereocenters. The SMILES string of the molecule is N#Cc1ccc(Cl)cc1N1CCCC2CCCCC21. The number of anilines is 1. The van der Waals surface area contributed by atoms with E-state index < -0.39 is 0 Å². The molecule has 2 nitrogen and oxygen atoms in total. The summed E-state index contributed by atoms with van der Waals surface area (Å²) in [6, 6.07) is 8.57. The second-order valence-corrected chi connectivity index (χ2v) is 6.16. The molecule has 2 fully saturated rings. The lowest BCUT2D eigenvalue weighted by Gasteiger charge is -2.45. The van der Waals surface area contributed by atoms with Crippen molar-refractivity contribution in [2.45, 2.75) is 44.6 Å². The Bertz CT molecular complexity index is 504. The fourth-order valence-electron chi connectivity index (χ4n) is 3.76. The smallest absolute Gasteiger partial charge is 0.101 e. The summed E-state index contributed by atoms with van der Waals surface area (Å²) in [4.78, 5) is 2.46. The van der Waals surface area contributed by atoms with Gasteiger partial charge in [-0.05, 0) is 49.8 Å². The summed E-state index contributed by atoms with van der Waals surface area (Å²) >= 11 is 6.13.